The van der Waals surface area contributed by atoms with Crippen LogP contribution in [0.5, 0.6) is 0 Å². The third-order valence-electron chi connectivity index (χ3n) is 3.67. The van der Waals surface area contributed by atoms with Gasteiger partial charge in [-0.05, 0) is 34.9 Å². The molecular formula is C17H16ClN3O3. The summed E-state index contributed by atoms with van der Waals surface area (Å²) in [5.74, 6) is -0.220. The maximum absolute atomic E-state index is 10.7. The molecule has 1 aliphatic rings. The van der Waals surface area contributed by atoms with E-state index in [0.29, 0.717) is 13.2 Å². The summed E-state index contributed by atoms with van der Waals surface area (Å²) in [5, 5.41) is 8.96. The third kappa shape index (κ3) is 3.90. The molecule has 1 aromatic carbocycles. The number of ether oxygens (including phenoxy) is 1. The van der Waals surface area contributed by atoms with E-state index in [2.05, 4.69) is 14.9 Å². The number of benzene rings is 1. The van der Waals surface area contributed by atoms with Crippen LogP contribution in [-0.2, 0) is 9.53 Å². The number of hydrogen-bond donors (Lipinski definition) is 1. The van der Waals surface area contributed by atoms with Gasteiger partial charge in [0.15, 0.2) is 0 Å². The molecular weight excluding hydrogens is 330 g/mol. The molecule has 2 aromatic rings. The summed E-state index contributed by atoms with van der Waals surface area (Å²) in [6.45, 7) is 2.75. The first kappa shape index (κ1) is 16.4. The number of carbonyl (C=O) groups is 1. The van der Waals surface area contributed by atoms with Gasteiger partial charge >= 0.3 is 5.97 Å². The first-order valence-corrected chi connectivity index (χ1v) is 7.88. The largest absolute Gasteiger partial charge is 0.478 e. The van der Waals surface area contributed by atoms with Crippen molar-refractivity contribution in [1.82, 2.24) is 9.97 Å². The van der Waals surface area contributed by atoms with Gasteiger partial charge in [-0.3, -0.25) is 0 Å². The molecule has 0 unspecified atom stereocenters. The number of halogens is 1. The third-order valence-corrected chi connectivity index (χ3v) is 3.85. The molecule has 0 atom stereocenters. The smallest absolute Gasteiger partial charge is 0.328 e. The molecule has 7 heteroatoms. The number of hydrogen-bond acceptors (Lipinski definition) is 5. The number of anilines is 1. The summed E-state index contributed by atoms with van der Waals surface area (Å²) >= 11 is 5.98. The van der Waals surface area contributed by atoms with Gasteiger partial charge in [-0.1, -0.05) is 18.2 Å². The Labute approximate surface area is 144 Å². The van der Waals surface area contributed by atoms with Crippen LogP contribution in [0.2, 0.25) is 5.28 Å². The van der Waals surface area contributed by atoms with Crippen molar-refractivity contribution in [2.45, 2.75) is 0 Å². The van der Waals surface area contributed by atoms with Crippen molar-refractivity contribution in [3.63, 3.8) is 0 Å². The summed E-state index contributed by atoms with van der Waals surface area (Å²) in [6.07, 6.45) is 4.36. The van der Waals surface area contributed by atoms with Crippen LogP contribution >= 0.6 is 11.6 Å². The normalized spacial score (nSPS) is 15.0. The van der Waals surface area contributed by atoms with E-state index < -0.39 is 5.97 Å². The predicted octanol–water partition coefficient (Wildman–Crippen LogP) is 2.73. The monoisotopic (exact) mass is 345 g/mol. The zero-order chi connectivity index (χ0) is 16.9. The summed E-state index contributed by atoms with van der Waals surface area (Å²) in [7, 11) is 0. The minimum absolute atomic E-state index is 0.196. The van der Waals surface area contributed by atoms with Gasteiger partial charge in [-0.15, -0.1) is 0 Å². The highest BCUT2D eigenvalue weighted by atomic mass is 35.5. The number of aliphatic carboxylic acids is 1. The summed E-state index contributed by atoms with van der Waals surface area (Å²) in [6, 6.07) is 7.55. The second kappa shape index (κ2) is 7.42. The maximum atomic E-state index is 10.7. The maximum Gasteiger partial charge on any atom is 0.328 e. The van der Waals surface area contributed by atoms with Crippen LogP contribution in [0.3, 0.4) is 0 Å². The molecule has 1 saturated heterocycles. The fourth-order valence-corrected chi connectivity index (χ4v) is 2.68. The van der Waals surface area contributed by atoms with E-state index in [1.54, 1.807) is 12.3 Å². The van der Waals surface area contributed by atoms with Crippen molar-refractivity contribution < 1.29 is 14.6 Å². The molecule has 3 rings (SSSR count). The van der Waals surface area contributed by atoms with Crippen LogP contribution in [-0.4, -0.2) is 47.3 Å². The van der Waals surface area contributed by atoms with E-state index in [9.17, 15) is 4.79 Å². The molecule has 1 aliphatic heterocycles. The predicted molar refractivity (Wildman–Crippen MR) is 92.2 cm³/mol. The molecule has 1 fully saturated rings. The molecule has 24 heavy (non-hydrogen) atoms. The molecule has 124 valence electrons. The highest BCUT2D eigenvalue weighted by Crippen LogP contribution is 2.30. The molecule has 0 aliphatic carbocycles. The number of morpholine rings is 1. The van der Waals surface area contributed by atoms with Crippen LogP contribution in [0.1, 0.15) is 5.56 Å². The fourth-order valence-electron chi connectivity index (χ4n) is 2.55. The standard InChI is InChI=1S/C17H16ClN3O3/c18-17-19-11-14(16(20-17)21-6-8-24-9-7-21)13-3-1-2-12(10-13)4-5-15(22)23/h1-5,10-11H,6-9H2,(H,22,23). The molecule has 6 nitrogen and oxygen atoms in total. The van der Waals surface area contributed by atoms with E-state index in [4.69, 9.17) is 21.4 Å². The Morgan fingerprint density at radius 3 is 2.88 bits per heavy atom. The Balaban J connectivity index is 1.99. The SMILES string of the molecule is O=C(O)C=Cc1cccc(-c2cnc(Cl)nc2N2CCOCC2)c1. The minimum atomic E-state index is -0.982. The van der Waals surface area contributed by atoms with E-state index in [1.165, 1.54) is 0 Å². The molecule has 0 radical (unpaired) electrons. The number of aromatic nitrogens is 2. The number of nitrogens with zero attached hydrogens (tertiary/aromatic N) is 3. The van der Waals surface area contributed by atoms with Crippen LogP contribution in [0, 0.1) is 0 Å². The zero-order valence-corrected chi connectivity index (χ0v) is 13.6. The Morgan fingerprint density at radius 1 is 1.33 bits per heavy atom. The molecule has 0 spiro atoms. The quantitative estimate of drug-likeness (QED) is 0.678. The van der Waals surface area contributed by atoms with Crippen LogP contribution < -0.4 is 4.90 Å². The Kier molecular flexibility index (Phi) is 5.08. The van der Waals surface area contributed by atoms with Gasteiger partial charge < -0.3 is 14.7 Å². The molecule has 0 saturated carbocycles. The van der Waals surface area contributed by atoms with Gasteiger partial charge in [0, 0.05) is 30.9 Å². The van der Waals surface area contributed by atoms with E-state index in [0.717, 1.165) is 41.7 Å². The molecule has 1 aromatic heterocycles. The van der Waals surface area contributed by atoms with Gasteiger partial charge in [0.25, 0.3) is 0 Å². The molecule has 1 N–H and O–H groups in total. The Hall–Kier alpha value is -2.44. The highest BCUT2D eigenvalue weighted by molar-refractivity contribution is 6.28. The van der Waals surface area contributed by atoms with Gasteiger partial charge in [-0.2, -0.15) is 4.98 Å². The fraction of sp³-hybridized carbons (Fsp3) is 0.235. The summed E-state index contributed by atoms with van der Waals surface area (Å²) < 4.78 is 5.39. The lowest BCUT2D eigenvalue weighted by atomic mass is 10.0. The first-order valence-electron chi connectivity index (χ1n) is 7.50. The lowest BCUT2D eigenvalue weighted by Crippen LogP contribution is -2.37. The first-order chi connectivity index (χ1) is 11.6. The van der Waals surface area contributed by atoms with E-state index in [-0.39, 0.29) is 5.28 Å². The van der Waals surface area contributed by atoms with Gasteiger partial charge in [0.1, 0.15) is 5.82 Å². The average Bonchev–Trinajstić information content (AvgIpc) is 2.61. The highest BCUT2D eigenvalue weighted by Gasteiger charge is 2.18. The lowest BCUT2D eigenvalue weighted by molar-refractivity contribution is -0.131. The summed E-state index contributed by atoms with van der Waals surface area (Å²) in [4.78, 5) is 21.3. The summed E-state index contributed by atoms with van der Waals surface area (Å²) in [5.41, 5.74) is 2.55. The van der Waals surface area contributed by atoms with Crippen molar-refractivity contribution in [3.05, 3.63) is 47.4 Å². The number of carboxylic acids is 1. The van der Waals surface area contributed by atoms with Gasteiger partial charge in [0.2, 0.25) is 5.28 Å². The lowest BCUT2D eigenvalue weighted by Gasteiger charge is -2.29. The molecule has 0 amide bonds. The van der Waals surface area contributed by atoms with E-state index in [1.807, 2.05) is 24.3 Å². The Morgan fingerprint density at radius 2 is 2.12 bits per heavy atom. The van der Waals surface area contributed by atoms with Gasteiger partial charge in [-0.25, -0.2) is 9.78 Å². The van der Waals surface area contributed by atoms with Crippen molar-refractivity contribution in [2.75, 3.05) is 31.2 Å². The average molecular weight is 346 g/mol. The number of rotatable bonds is 4. The van der Waals surface area contributed by atoms with E-state index >= 15 is 0 Å². The van der Waals surface area contributed by atoms with Crippen LogP contribution in [0.4, 0.5) is 5.82 Å². The van der Waals surface area contributed by atoms with Gasteiger partial charge in [0.05, 0.1) is 13.2 Å². The topological polar surface area (TPSA) is 75.5 Å². The molecule has 2 heterocycles. The minimum Gasteiger partial charge on any atom is -0.478 e. The second-order valence-electron chi connectivity index (χ2n) is 5.27. The van der Waals surface area contributed by atoms with Crippen molar-refractivity contribution in [2.24, 2.45) is 0 Å². The van der Waals surface area contributed by atoms with Crippen molar-refractivity contribution in [3.8, 4) is 11.1 Å². The Bertz CT molecular complexity index is 773. The second-order valence-corrected chi connectivity index (χ2v) is 5.61. The van der Waals surface area contributed by atoms with Crippen LogP contribution in [0.25, 0.3) is 17.2 Å². The zero-order valence-electron chi connectivity index (χ0n) is 12.9. The van der Waals surface area contributed by atoms with Crippen LogP contribution in [0.15, 0.2) is 36.5 Å². The molecule has 0 bridgehead atoms. The number of carboxylic acid groups (broad SMARTS) is 1. The van der Waals surface area contributed by atoms with Crippen molar-refractivity contribution in [1.29, 1.82) is 0 Å². The van der Waals surface area contributed by atoms with Crippen molar-refractivity contribution >= 4 is 29.5 Å².